The number of benzene rings is 1. The van der Waals surface area contributed by atoms with Gasteiger partial charge in [-0.05, 0) is 44.4 Å². The Morgan fingerprint density at radius 2 is 1.87 bits per heavy atom. The minimum atomic E-state index is 0.346. The van der Waals surface area contributed by atoms with Crippen molar-refractivity contribution in [2.24, 2.45) is 5.92 Å². The fourth-order valence-electron chi connectivity index (χ4n) is 4.82. The van der Waals surface area contributed by atoms with E-state index >= 15 is 0 Å². The number of anilines is 1. The maximum atomic E-state index is 12.8. The average molecular weight is 411 g/mol. The fourth-order valence-corrected chi connectivity index (χ4v) is 4.82. The molecule has 2 fully saturated rings. The van der Waals surface area contributed by atoms with E-state index in [9.17, 15) is 4.79 Å². The van der Waals surface area contributed by atoms with Crippen molar-refractivity contribution in [2.45, 2.75) is 33.1 Å². The molecule has 0 saturated carbocycles. The molecule has 162 valence electrons. The quantitative estimate of drug-likeness (QED) is 0.757. The molecule has 0 bridgehead atoms. The molecule has 0 unspecified atom stereocenters. The number of amides is 1. The zero-order chi connectivity index (χ0) is 21.1. The lowest BCUT2D eigenvalue weighted by Crippen LogP contribution is -2.49. The van der Waals surface area contributed by atoms with Crippen LogP contribution in [0.15, 0.2) is 24.3 Å². The Morgan fingerprint density at radius 3 is 2.53 bits per heavy atom. The Hall–Kier alpha value is -2.34. The first-order chi connectivity index (χ1) is 14.6. The molecule has 0 N–H and O–H groups in total. The number of piperazine rings is 1. The van der Waals surface area contributed by atoms with Gasteiger partial charge in [0.1, 0.15) is 11.3 Å². The number of carbonyl (C=O) groups is 1. The van der Waals surface area contributed by atoms with Crippen LogP contribution in [0, 0.1) is 12.8 Å². The highest BCUT2D eigenvalue weighted by molar-refractivity contribution is 5.95. The van der Waals surface area contributed by atoms with E-state index in [0.717, 1.165) is 81.0 Å². The highest BCUT2D eigenvalue weighted by Crippen LogP contribution is 2.34. The largest absolute Gasteiger partial charge is 0.494 e. The van der Waals surface area contributed by atoms with E-state index < -0.39 is 0 Å². The molecule has 2 saturated heterocycles. The Bertz CT molecular complexity index is 884. The predicted octanol–water partition coefficient (Wildman–Crippen LogP) is 3.32. The number of aryl methyl sites for hydroxylation is 1. The summed E-state index contributed by atoms with van der Waals surface area (Å²) in [6, 6.07) is 8.31. The zero-order valence-corrected chi connectivity index (χ0v) is 18.6. The molecule has 30 heavy (non-hydrogen) atoms. The summed E-state index contributed by atoms with van der Waals surface area (Å²) in [7, 11) is 1.70. The van der Waals surface area contributed by atoms with E-state index in [1.807, 2.05) is 19.1 Å². The lowest BCUT2D eigenvalue weighted by molar-refractivity contribution is -0.134. The monoisotopic (exact) mass is 410 g/mol. The normalized spacial score (nSPS) is 18.8. The summed E-state index contributed by atoms with van der Waals surface area (Å²) in [6.45, 7) is 11.1. The molecule has 6 nitrogen and oxygen atoms in total. The lowest BCUT2D eigenvalue weighted by atomic mass is 9.92. The van der Waals surface area contributed by atoms with Gasteiger partial charge in [-0.1, -0.05) is 19.1 Å². The van der Waals surface area contributed by atoms with Gasteiger partial charge in [-0.3, -0.25) is 4.79 Å². The number of aromatic nitrogens is 1. The Labute approximate surface area is 179 Å². The molecule has 4 rings (SSSR count). The maximum Gasteiger partial charge on any atom is 0.222 e. The van der Waals surface area contributed by atoms with Crippen molar-refractivity contribution in [3.63, 3.8) is 0 Å². The van der Waals surface area contributed by atoms with Crippen LogP contribution in [0.3, 0.4) is 0 Å². The van der Waals surface area contributed by atoms with Gasteiger partial charge in [0.15, 0.2) is 0 Å². The third-order valence-electron chi connectivity index (χ3n) is 6.72. The first-order valence-electron chi connectivity index (χ1n) is 11.3. The molecule has 2 aliphatic rings. The molecule has 2 aliphatic heterocycles. The first kappa shape index (κ1) is 20.9. The summed E-state index contributed by atoms with van der Waals surface area (Å²) < 4.78 is 5.53. The maximum absolute atomic E-state index is 12.8. The minimum Gasteiger partial charge on any atom is -0.494 e. The molecule has 0 radical (unpaired) electrons. The van der Waals surface area contributed by atoms with Crippen LogP contribution in [0.1, 0.15) is 31.9 Å². The van der Waals surface area contributed by atoms with E-state index in [4.69, 9.17) is 9.72 Å². The number of nitrogens with zero attached hydrogens (tertiary/aromatic N) is 4. The van der Waals surface area contributed by atoms with Crippen LogP contribution >= 0.6 is 0 Å². The standard InChI is InChI=1S/C24H34N4O2/c1-4-26-12-14-28(15-13-26)23(29)17-19-8-10-27(11-9-19)21-16-18(2)25-24-20(21)6-5-7-22(24)30-3/h5-7,16,19H,4,8-15,17H2,1-3H3. The summed E-state index contributed by atoms with van der Waals surface area (Å²) in [4.78, 5) is 24.4. The van der Waals surface area contributed by atoms with Crippen LogP contribution < -0.4 is 9.64 Å². The highest BCUT2D eigenvalue weighted by atomic mass is 16.5. The molecule has 0 atom stereocenters. The van der Waals surface area contributed by atoms with Crippen LogP contribution in [0.5, 0.6) is 5.75 Å². The van der Waals surface area contributed by atoms with Gasteiger partial charge < -0.3 is 19.4 Å². The number of pyridine rings is 1. The summed E-state index contributed by atoms with van der Waals surface area (Å²) >= 11 is 0. The first-order valence-corrected chi connectivity index (χ1v) is 11.3. The summed E-state index contributed by atoms with van der Waals surface area (Å²) in [5.74, 6) is 1.65. The molecule has 0 spiro atoms. The highest BCUT2D eigenvalue weighted by Gasteiger charge is 2.26. The number of methoxy groups -OCH3 is 1. The van der Waals surface area contributed by atoms with Gasteiger partial charge in [0.2, 0.25) is 5.91 Å². The molecule has 3 heterocycles. The van der Waals surface area contributed by atoms with E-state index in [1.54, 1.807) is 7.11 Å². The van der Waals surface area contributed by atoms with Crippen molar-refractivity contribution >= 4 is 22.5 Å². The number of hydrogen-bond acceptors (Lipinski definition) is 5. The lowest BCUT2D eigenvalue weighted by Gasteiger charge is -2.37. The molecule has 6 heteroatoms. The van der Waals surface area contributed by atoms with E-state index in [2.05, 4.69) is 33.8 Å². The van der Waals surface area contributed by atoms with E-state index in [-0.39, 0.29) is 0 Å². The van der Waals surface area contributed by atoms with Crippen LogP contribution in [0.2, 0.25) is 0 Å². The van der Waals surface area contributed by atoms with Gasteiger partial charge in [0, 0.05) is 62.5 Å². The number of rotatable bonds is 5. The number of hydrogen-bond donors (Lipinski definition) is 0. The van der Waals surface area contributed by atoms with Crippen molar-refractivity contribution in [2.75, 3.05) is 57.8 Å². The van der Waals surface area contributed by atoms with Gasteiger partial charge in [0.05, 0.1) is 7.11 Å². The molecular formula is C24H34N4O2. The SMILES string of the molecule is CCN1CCN(C(=O)CC2CCN(c3cc(C)nc4c(OC)cccc34)CC2)CC1. The number of piperidine rings is 1. The topological polar surface area (TPSA) is 48.9 Å². The van der Waals surface area contributed by atoms with Crippen LogP contribution in [-0.2, 0) is 4.79 Å². The molecular weight excluding hydrogens is 376 g/mol. The van der Waals surface area contributed by atoms with Crippen LogP contribution in [0.4, 0.5) is 5.69 Å². The second-order valence-electron chi connectivity index (χ2n) is 8.59. The molecule has 2 aromatic rings. The molecule has 0 aliphatic carbocycles. The summed E-state index contributed by atoms with van der Waals surface area (Å²) in [5, 5.41) is 1.14. The van der Waals surface area contributed by atoms with Crippen molar-refractivity contribution < 1.29 is 9.53 Å². The second-order valence-corrected chi connectivity index (χ2v) is 8.59. The summed E-state index contributed by atoms with van der Waals surface area (Å²) in [6.07, 6.45) is 2.82. The Morgan fingerprint density at radius 1 is 1.13 bits per heavy atom. The third-order valence-corrected chi connectivity index (χ3v) is 6.72. The van der Waals surface area contributed by atoms with Gasteiger partial charge in [-0.25, -0.2) is 4.98 Å². The molecule has 1 aromatic heterocycles. The van der Waals surface area contributed by atoms with Crippen molar-refractivity contribution in [1.82, 2.24) is 14.8 Å². The Kier molecular flexibility index (Phi) is 6.42. The zero-order valence-electron chi connectivity index (χ0n) is 18.6. The summed E-state index contributed by atoms with van der Waals surface area (Å²) in [5.41, 5.74) is 3.17. The van der Waals surface area contributed by atoms with Crippen LogP contribution in [0.25, 0.3) is 10.9 Å². The number of likely N-dealkylation sites (N-methyl/N-ethyl adjacent to an activating group) is 1. The fraction of sp³-hybridized carbons (Fsp3) is 0.583. The average Bonchev–Trinajstić information content (AvgIpc) is 2.78. The van der Waals surface area contributed by atoms with Gasteiger partial charge in [0.25, 0.3) is 0 Å². The van der Waals surface area contributed by atoms with Crippen molar-refractivity contribution in [3.8, 4) is 5.75 Å². The molecule has 1 amide bonds. The van der Waals surface area contributed by atoms with Crippen molar-refractivity contribution in [1.29, 1.82) is 0 Å². The number of para-hydroxylation sites is 1. The van der Waals surface area contributed by atoms with E-state index in [1.165, 1.54) is 5.69 Å². The minimum absolute atomic E-state index is 0.346. The molecule has 1 aromatic carbocycles. The predicted molar refractivity (Wildman–Crippen MR) is 121 cm³/mol. The van der Waals surface area contributed by atoms with Crippen molar-refractivity contribution in [3.05, 3.63) is 30.0 Å². The van der Waals surface area contributed by atoms with Gasteiger partial charge >= 0.3 is 0 Å². The second kappa shape index (κ2) is 9.21. The number of fused-ring (bicyclic) bond motifs is 1. The third kappa shape index (κ3) is 4.38. The van der Waals surface area contributed by atoms with Crippen LogP contribution in [-0.4, -0.2) is 73.6 Å². The van der Waals surface area contributed by atoms with E-state index in [0.29, 0.717) is 18.2 Å². The van der Waals surface area contributed by atoms with Gasteiger partial charge in [-0.2, -0.15) is 0 Å². The van der Waals surface area contributed by atoms with Gasteiger partial charge in [-0.15, -0.1) is 0 Å². The number of carbonyl (C=O) groups excluding carboxylic acids is 1. The smallest absolute Gasteiger partial charge is 0.222 e. The Balaban J connectivity index is 1.39. The number of ether oxygens (including phenoxy) is 1.